The smallest absolute Gasteiger partial charge is 0.292 e. The van der Waals surface area contributed by atoms with Gasteiger partial charge < -0.3 is 5.32 Å². The average molecular weight is 334 g/mol. The van der Waals surface area contributed by atoms with Gasteiger partial charge in [0.2, 0.25) is 5.91 Å². The molecule has 0 aliphatic carbocycles. The SMILES string of the molecule is CN(CC(=O)Nc1ccccc1[N+](=O)[O-])Cc1ccccc1Cl. The molecule has 0 saturated carbocycles. The number of anilines is 1. The van der Waals surface area contributed by atoms with Crippen molar-refractivity contribution in [1.29, 1.82) is 0 Å². The van der Waals surface area contributed by atoms with Crippen molar-refractivity contribution in [2.24, 2.45) is 0 Å². The van der Waals surface area contributed by atoms with Crippen molar-refractivity contribution in [2.75, 3.05) is 18.9 Å². The first-order chi connectivity index (χ1) is 11.0. The molecule has 0 unspecified atom stereocenters. The number of likely N-dealkylation sites (N-methyl/N-ethyl adjacent to an activating group) is 1. The van der Waals surface area contributed by atoms with E-state index in [4.69, 9.17) is 11.6 Å². The molecule has 0 saturated heterocycles. The quantitative estimate of drug-likeness (QED) is 0.650. The minimum atomic E-state index is -0.525. The topological polar surface area (TPSA) is 75.5 Å². The van der Waals surface area contributed by atoms with Crippen LogP contribution in [-0.2, 0) is 11.3 Å². The van der Waals surface area contributed by atoms with E-state index < -0.39 is 4.92 Å². The van der Waals surface area contributed by atoms with Gasteiger partial charge in [0.15, 0.2) is 0 Å². The predicted molar refractivity (Wildman–Crippen MR) is 89.5 cm³/mol. The second kappa shape index (κ2) is 7.71. The summed E-state index contributed by atoms with van der Waals surface area (Å²) in [5.41, 5.74) is 0.971. The fraction of sp³-hybridized carbons (Fsp3) is 0.188. The van der Waals surface area contributed by atoms with Crippen LogP contribution in [0.4, 0.5) is 11.4 Å². The van der Waals surface area contributed by atoms with E-state index in [1.165, 1.54) is 12.1 Å². The van der Waals surface area contributed by atoms with Crippen LogP contribution in [0.25, 0.3) is 0 Å². The van der Waals surface area contributed by atoms with Crippen molar-refractivity contribution in [3.8, 4) is 0 Å². The number of amides is 1. The molecule has 1 N–H and O–H groups in total. The largest absolute Gasteiger partial charge is 0.319 e. The van der Waals surface area contributed by atoms with Crippen LogP contribution in [0, 0.1) is 10.1 Å². The molecule has 2 rings (SSSR count). The van der Waals surface area contributed by atoms with Crippen LogP contribution in [-0.4, -0.2) is 29.3 Å². The normalized spacial score (nSPS) is 10.6. The summed E-state index contributed by atoms with van der Waals surface area (Å²) in [6.45, 7) is 0.598. The number of halogens is 1. The third kappa shape index (κ3) is 4.77. The molecule has 0 spiro atoms. The van der Waals surface area contributed by atoms with Gasteiger partial charge in [0.1, 0.15) is 5.69 Å². The zero-order chi connectivity index (χ0) is 16.8. The van der Waals surface area contributed by atoms with E-state index in [1.807, 2.05) is 18.2 Å². The highest BCUT2D eigenvalue weighted by molar-refractivity contribution is 6.31. The number of nitro groups is 1. The second-order valence-electron chi connectivity index (χ2n) is 5.09. The molecule has 23 heavy (non-hydrogen) atoms. The van der Waals surface area contributed by atoms with E-state index in [0.29, 0.717) is 11.6 Å². The van der Waals surface area contributed by atoms with E-state index >= 15 is 0 Å². The Morgan fingerprint density at radius 1 is 1.22 bits per heavy atom. The molecule has 0 aliphatic rings. The highest BCUT2D eigenvalue weighted by atomic mass is 35.5. The van der Waals surface area contributed by atoms with Gasteiger partial charge in [-0.25, -0.2) is 0 Å². The van der Waals surface area contributed by atoms with Gasteiger partial charge >= 0.3 is 0 Å². The zero-order valence-electron chi connectivity index (χ0n) is 12.5. The van der Waals surface area contributed by atoms with Crippen LogP contribution in [0.1, 0.15) is 5.56 Å². The first kappa shape index (κ1) is 16.9. The number of hydrogen-bond acceptors (Lipinski definition) is 4. The van der Waals surface area contributed by atoms with Crippen molar-refractivity contribution in [2.45, 2.75) is 6.54 Å². The minimum Gasteiger partial charge on any atom is -0.319 e. The van der Waals surface area contributed by atoms with E-state index in [0.717, 1.165) is 5.56 Å². The number of carbonyl (C=O) groups excluding carboxylic acids is 1. The molecule has 0 atom stereocenters. The van der Waals surface area contributed by atoms with Gasteiger partial charge in [-0.15, -0.1) is 0 Å². The van der Waals surface area contributed by atoms with Crippen LogP contribution in [0.5, 0.6) is 0 Å². The molecule has 0 radical (unpaired) electrons. The Morgan fingerprint density at radius 3 is 2.57 bits per heavy atom. The molecule has 2 aromatic rings. The predicted octanol–water partition coefficient (Wildman–Crippen LogP) is 3.32. The summed E-state index contributed by atoms with van der Waals surface area (Å²) in [5, 5.41) is 14.1. The van der Waals surface area contributed by atoms with Crippen molar-refractivity contribution in [3.05, 3.63) is 69.2 Å². The number of nitrogens with one attached hydrogen (secondary N) is 1. The summed E-state index contributed by atoms with van der Waals surface area (Å²) in [6, 6.07) is 13.4. The summed E-state index contributed by atoms with van der Waals surface area (Å²) in [7, 11) is 1.78. The fourth-order valence-electron chi connectivity index (χ4n) is 2.15. The first-order valence-corrected chi connectivity index (χ1v) is 7.30. The molecule has 0 aliphatic heterocycles. The Balaban J connectivity index is 1.97. The van der Waals surface area contributed by atoms with Gasteiger partial charge in [0, 0.05) is 17.6 Å². The summed E-state index contributed by atoms with van der Waals surface area (Å²) in [4.78, 5) is 24.3. The Bertz CT molecular complexity index is 721. The lowest BCUT2D eigenvalue weighted by Gasteiger charge is -2.17. The summed E-state index contributed by atoms with van der Waals surface area (Å²) < 4.78 is 0. The summed E-state index contributed by atoms with van der Waals surface area (Å²) in [6.07, 6.45) is 0. The Labute approximate surface area is 138 Å². The van der Waals surface area contributed by atoms with E-state index in [-0.39, 0.29) is 23.8 Å². The van der Waals surface area contributed by atoms with E-state index in [2.05, 4.69) is 5.32 Å². The Morgan fingerprint density at radius 2 is 1.87 bits per heavy atom. The van der Waals surface area contributed by atoms with Crippen molar-refractivity contribution in [1.82, 2.24) is 4.90 Å². The number of carbonyl (C=O) groups is 1. The number of rotatable bonds is 6. The van der Waals surface area contributed by atoms with E-state index in [9.17, 15) is 14.9 Å². The summed E-state index contributed by atoms with van der Waals surface area (Å²) >= 11 is 6.09. The molecular weight excluding hydrogens is 318 g/mol. The summed E-state index contributed by atoms with van der Waals surface area (Å²) in [5.74, 6) is -0.325. The third-order valence-corrected chi connectivity index (χ3v) is 3.56. The van der Waals surface area contributed by atoms with Gasteiger partial charge in [0.05, 0.1) is 11.5 Å². The Kier molecular flexibility index (Phi) is 5.67. The van der Waals surface area contributed by atoms with Crippen LogP contribution in [0.15, 0.2) is 48.5 Å². The molecule has 6 nitrogen and oxygen atoms in total. The van der Waals surface area contributed by atoms with Crippen LogP contribution in [0.2, 0.25) is 5.02 Å². The molecule has 7 heteroatoms. The average Bonchev–Trinajstić information content (AvgIpc) is 2.49. The zero-order valence-corrected chi connectivity index (χ0v) is 13.3. The van der Waals surface area contributed by atoms with Gasteiger partial charge in [-0.05, 0) is 24.7 Å². The first-order valence-electron chi connectivity index (χ1n) is 6.92. The monoisotopic (exact) mass is 333 g/mol. The molecule has 0 bridgehead atoms. The van der Waals surface area contributed by atoms with Gasteiger partial charge in [0.25, 0.3) is 5.69 Å². The molecule has 2 aromatic carbocycles. The molecule has 120 valence electrons. The fourth-order valence-corrected chi connectivity index (χ4v) is 2.34. The lowest BCUT2D eigenvalue weighted by molar-refractivity contribution is -0.383. The number of hydrogen-bond donors (Lipinski definition) is 1. The third-order valence-electron chi connectivity index (χ3n) is 3.19. The highest BCUT2D eigenvalue weighted by Crippen LogP contribution is 2.23. The molecule has 1 amide bonds. The van der Waals surface area contributed by atoms with Crippen LogP contribution >= 0.6 is 11.6 Å². The molecular formula is C16H16ClN3O3. The number of nitrogens with zero attached hydrogens (tertiary/aromatic N) is 2. The maximum atomic E-state index is 12.1. The standard InChI is InChI=1S/C16H16ClN3O3/c1-19(10-12-6-2-3-7-13(12)17)11-16(21)18-14-8-4-5-9-15(14)20(22)23/h2-9H,10-11H2,1H3,(H,18,21). The molecule has 0 heterocycles. The van der Waals surface area contributed by atoms with Gasteiger partial charge in [-0.2, -0.15) is 0 Å². The van der Waals surface area contributed by atoms with Crippen molar-refractivity contribution < 1.29 is 9.72 Å². The number of benzene rings is 2. The number of nitro benzene ring substituents is 1. The highest BCUT2D eigenvalue weighted by Gasteiger charge is 2.16. The van der Waals surface area contributed by atoms with Crippen LogP contribution in [0.3, 0.4) is 0 Å². The molecule has 0 fully saturated rings. The van der Waals surface area contributed by atoms with Gasteiger partial charge in [-0.1, -0.05) is 41.9 Å². The number of para-hydroxylation sites is 2. The van der Waals surface area contributed by atoms with Gasteiger partial charge in [-0.3, -0.25) is 19.8 Å². The van der Waals surface area contributed by atoms with Crippen LogP contribution < -0.4 is 5.32 Å². The lowest BCUT2D eigenvalue weighted by atomic mass is 10.2. The Hall–Kier alpha value is -2.44. The van der Waals surface area contributed by atoms with Crippen molar-refractivity contribution in [3.63, 3.8) is 0 Å². The second-order valence-corrected chi connectivity index (χ2v) is 5.49. The molecule has 0 aromatic heterocycles. The maximum Gasteiger partial charge on any atom is 0.292 e. The maximum absolute atomic E-state index is 12.1. The van der Waals surface area contributed by atoms with Crippen molar-refractivity contribution >= 4 is 28.9 Å². The minimum absolute atomic E-state index is 0.0945. The van der Waals surface area contributed by atoms with E-state index in [1.54, 1.807) is 30.1 Å². The lowest BCUT2D eigenvalue weighted by Crippen LogP contribution is -2.30.